The first-order chi connectivity index (χ1) is 10.1. The molecule has 2 rings (SSSR count). The Kier molecular flexibility index (Phi) is 4.76. The van der Waals surface area contributed by atoms with E-state index in [9.17, 15) is 4.39 Å². The summed E-state index contributed by atoms with van der Waals surface area (Å²) in [7, 11) is 0. The molecule has 21 heavy (non-hydrogen) atoms. The monoisotopic (exact) mass is 291 g/mol. The van der Waals surface area contributed by atoms with Crippen LogP contribution in [0.3, 0.4) is 0 Å². The molecule has 1 aromatic carbocycles. The van der Waals surface area contributed by atoms with Gasteiger partial charge in [0.1, 0.15) is 11.6 Å². The quantitative estimate of drug-likeness (QED) is 0.759. The van der Waals surface area contributed by atoms with E-state index >= 15 is 0 Å². The molecule has 0 atom stereocenters. The maximum Gasteiger partial charge on any atom is 0.223 e. The Morgan fingerprint density at radius 2 is 1.95 bits per heavy atom. The first-order valence-electron chi connectivity index (χ1n) is 6.70. The van der Waals surface area contributed by atoms with Gasteiger partial charge in [0.2, 0.25) is 5.95 Å². The lowest BCUT2D eigenvalue weighted by molar-refractivity contribution is 0.321. The molecule has 4 N–H and O–H groups in total. The number of aromatic nitrogens is 2. The second-order valence-electron chi connectivity index (χ2n) is 4.23. The molecule has 2 aromatic rings. The predicted molar refractivity (Wildman–Crippen MR) is 81.5 cm³/mol. The van der Waals surface area contributed by atoms with Crippen molar-refractivity contribution in [3.05, 3.63) is 30.1 Å². The van der Waals surface area contributed by atoms with E-state index in [-0.39, 0.29) is 11.7 Å². The molecule has 0 amide bonds. The fourth-order valence-corrected chi connectivity index (χ4v) is 1.80. The molecule has 0 spiro atoms. The van der Waals surface area contributed by atoms with Gasteiger partial charge in [-0.15, -0.1) is 0 Å². The van der Waals surface area contributed by atoms with E-state index < -0.39 is 5.82 Å². The summed E-state index contributed by atoms with van der Waals surface area (Å²) in [5, 5.41) is 6.03. The van der Waals surface area contributed by atoms with Gasteiger partial charge in [-0.1, -0.05) is 0 Å². The molecule has 0 fully saturated rings. The molecule has 0 aliphatic rings. The fraction of sp³-hybridized carbons (Fsp3) is 0.286. The number of anilines is 4. The van der Waals surface area contributed by atoms with Crippen LogP contribution in [0.2, 0.25) is 0 Å². The highest BCUT2D eigenvalue weighted by Gasteiger charge is 2.06. The number of benzene rings is 1. The molecule has 112 valence electrons. The summed E-state index contributed by atoms with van der Waals surface area (Å²) < 4.78 is 18.9. The van der Waals surface area contributed by atoms with Crippen molar-refractivity contribution >= 4 is 23.3 Å². The van der Waals surface area contributed by atoms with Crippen molar-refractivity contribution in [3.63, 3.8) is 0 Å². The zero-order valence-corrected chi connectivity index (χ0v) is 12.0. The Morgan fingerprint density at radius 1 is 1.19 bits per heavy atom. The van der Waals surface area contributed by atoms with Crippen LogP contribution in [0.25, 0.3) is 0 Å². The highest BCUT2D eigenvalue weighted by atomic mass is 19.1. The zero-order valence-electron chi connectivity index (χ0n) is 12.0. The number of hydrogen-bond acceptors (Lipinski definition) is 6. The summed E-state index contributed by atoms with van der Waals surface area (Å²) in [6.07, 6.45) is 0. The first-order valence-corrected chi connectivity index (χ1v) is 6.70. The Bertz CT molecular complexity index is 620. The number of ether oxygens (including phenoxy) is 1. The third-order valence-corrected chi connectivity index (χ3v) is 2.61. The lowest BCUT2D eigenvalue weighted by atomic mass is 10.3. The highest BCUT2D eigenvalue weighted by Crippen LogP contribution is 2.24. The van der Waals surface area contributed by atoms with Gasteiger partial charge in [0.25, 0.3) is 0 Å². The zero-order chi connectivity index (χ0) is 15.2. The molecule has 1 aromatic heterocycles. The Labute approximate surface area is 122 Å². The summed E-state index contributed by atoms with van der Waals surface area (Å²) in [4.78, 5) is 8.10. The van der Waals surface area contributed by atoms with Crippen LogP contribution in [-0.4, -0.2) is 23.1 Å². The number of rotatable bonds is 6. The van der Waals surface area contributed by atoms with E-state index in [1.165, 1.54) is 6.07 Å². The van der Waals surface area contributed by atoms with Gasteiger partial charge in [-0.25, -0.2) is 4.39 Å². The first kappa shape index (κ1) is 14.8. The average molecular weight is 291 g/mol. The molecule has 7 heteroatoms. The Morgan fingerprint density at radius 3 is 2.62 bits per heavy atom. The molecule has 0 saturated heterocycles. The van der Waals surface area contributed by atoms with Gasteiger partial charge in [-0.05, 0) is 26.0 Å². The van der Waals surface area contributed by atoms with Crippen LogP contribution in [0.15, 0.2) is 24.3 Å². The highest BCUT2D eigenvalue weighted by molar-refractivity contribution is 5.61. The van der Waals surface area contributed by atoms with Crippen molar-refractivity contribution in [2.75, 3.05) is 29.5 Å². The van der Waals surface area contributed by atoms with E-state index in [0.29, 0.717) is 30.5 Å². The lowest BCUT2D eigenvalue weighted by Gasteiger charge is -2.10. The van der Waals surface area contributed by atoms with Crippen LogP contribution < -0.4 is 21.1 Å². The largest absolute Gasteiger partial charge is 0.491 e. The van der Waals surface area contributed by atoms with Crippen molar-refractivity contribution in [3.8, 4) is 5.75 Å². The van der Waals surface area contributed by atoms with Crippen molar-refractivity contribution in [1.82, 2.24) is 9.97 Å². The van der Waals surface area contributed by atoms with E-state index in [0.717, 1.165) is 0 Å². The number of nitrogens with zero attached hydrogens (tertiary/aromatic N) is 2. The number of nitrogen functional groups attached to an aromatic ring is 1. The second kappa shape index (κ2) is 6.74. The van der Waals surface area contributed by atoms with Gasteiger partial charge in [-0.2, -0.15) is 9.97 Å². The number of halogens is 1. The maximum atomic E-state index is 13.8. The molecule has 0 radical (unpaired) electrons. The third-order valence-electron chi connectivity index (χ3n) is 2.61. The molecular weight excluding hydrogens is 273 g/mol. The minimum Gasteiger partial charge on any atom is -0.491 e. The summed E-state index contributed by atoms with van der Waals surface area (Å²) in [5.41, 5.74) is 6.19. The topological polar surface area (TPSA) is 85.1 Å². The molecule has 0 bridgehead atoms. The minimum atomic E-state index is -0.434. The lowest BCUT2D eigenvalue weighted by Crippen LogP contribution is -2.05. The van der Waals surface area contributed by atoms with E-state index in [1.54, 1.807) is 25.1 Å². The van der Waals surface area contributed by atoms with Gasteiger partial charge in [0.05, 0.1) is 6.61 Å². The summed E-state index contributed by atoms with van der Waals surface area (Å²) in [5.74, 6) is 1.03. The van der Waals surface area contributed by atoms with Crippen LogP contribution in [-0.2, 0) is 0 Å². The van der Waals surface area contributed by atoms with Crippen LogP contribution in [0.5, 0.6) is 5.75 Å². The normalized spacial score (nSPS) is 10.2. The van der Waals surface area contributed by atoms with Crippen molar-refractivity contribution in [2.24, 2.45) is 0 Å². The van der Waals surface area contributed by atoms with Crippen LogP contribution in [0.4, 0.5) is 27.7 Å². The average Bonchev–Trinajstić information content (AvgIpc) is 2.42. The summed E-state index contributed by atoms with van der Waals surface area (Å²) in [6.45, 7) is 4.89. The molecule has 0 aliphatic heterocycles. The second-order valence-corrected chi connectivity index (χ2v) is 4.23. The molecule has 0 saturated carbocycles. The standard InChI is InChI=1S/C14H18FN5O/c1-3-17-12-8-13(20-14(16)19-12)18-9-5-6-11(21-4-2)10(15)7-9/h5-8H,3-4H2,1-2H3,(H4,16,17,18,19,20). The number of hydrogen-bond donors (Lipinski definition) is 3. The number of nitrogens with two attached hydrogens (primary N) is 1. The van der Waals surface area contributed by atoms with Gasteiger partial charge in [0, 0.05) is 24.4 Å². The number of nitrogens with one attached hydrogen (secondary N) is 2. The van der Waals surface area contributed by atoms with Gasteiger partial charge in [-0.3, -0.25) is 0 Å². The smallest absolute Gasteiger partial charge is 0.223 e. The van der Waals surface area contributed by atoms with Crippen LogP contribution >= 0.6 is 0 Å². The minimum absolute atomic E-state index is 0.141. The van der Waals surface area contributed by atoms with Crippen molar-refractivity contribution in [2.45, 2.75) is 13.8 Å². The molecule has 1 heterocycles. The maximum absolute atomic E-state index is 13.8. The van der Waals surface area contributed by atoms with Crippen molar-refractivity contribution < 1.29 is 9.13 Å². The SMILES string of the molecule is CCNc1cc(Nc2ccc(OCC)c(F)c2)nc(N)n1. The third kappa shape index (κ3) is 3.95. The fourth-order valence-electron chi connectivity index (χ4n) is 1.80. The van der Waals surface area contributed by atoms with E-state index in [2.05, 4.69) is 20.6 Å². The van der Waals surface area contributed by atoms with E-state index in [1.807, 2.05) is 6.92 Å². The predicted octanol–water partition coefficient (Wildman–Crippen LogP) is 2.77. The summed E-state index contributed by atoms with van der Waals surface area (Å²) in [6, 6.07) is 6.32. The molecule has 6 nitrogen and oxygen atoms in total. The van der Waals surface area contributed by atoms with Crippen LogP contribution in [0.1, 0.15) is 13.8 Å². The molecule has 0 aliphatic carbocycles. The Hall–Kier alpha value is -2.57. The summed E-state index contributed by atoms with van der Waals surface area (Å²) >= 11 is 0. The van der Waals surface area contributed by atoms with E-state index in [4.69, 9.17) is 10.5 Å². The van der Waals surface area contributed by atoms with Crippen molar-refractivity contribution in [1.29, 1.82) is 0 Å². The van der Waals surface area contributed by atoms with Gasteiger partial charge < -0.3 is 21.1 Å². The van der Waals surface area contributed by atoms with Crippen LogP contribution in [0, 0.1) is 5.82 Å². The molecular formula is C14H18FN5O. The molecule has 0 unspecified atom stereocenters. The van der Waals surface area contributed by atoms with Gasteiger partial charge in [0.15, 0.2) is 11.6 Å². The Balaban J connectivity index is 2.19. The van der Waals surface area contributed by atoms with Gasteiger partial charge >= 0.3 is 0 Å².